The summed E-state index contributed by atoms with van der Waals surface area (Å²) >= 11 is 0. The number of carbonyl (C=O) groups excluding carboxylic acids is 1. The summed E-state index contributed by atoms with van der Waals surface area (Å²) in [6.45, 7) is 4.67. The highest BCUT2D eigenvalue weighted by atomic mass is 16.6. The maximum Gasteiger partial charge on any atom is 0.410 e. The minimum Gasteiger partial charge on any atom is -0.478 e. The van der Waals surface area contributed by atoms with Gasteiger partial charge in [0.1, 0.15) is 6.61 Å². The molecule has 0 saturated heterocycles. The van der Waals surface area contributed by atoms with E-state index in [9.17, 15) is 9.59 Å². The molecule has 0 atom stereocenters. The lowest BCUT2D eigenvalue weighted by atomic mass is 9.97. The lowest BCUT2D eigenvalue weighted by molar-refractivity contribution is 0.0696. The molecule has 0 saturated carbocycles. The number of amides is 1. The summed E-state index contributed by atoms with van der Waals surface area (Å²) in [4.78, 5) is 24.2. The first-order valence-corrected chi connectivity index (χ1v) is 5.99. The van der Waals surface area contributed by atoms with E-state index in [4.69, 9.17) is 9.84 Å². The number of rotatable bonds is 3. The molecule has 1 aromatic rings. The third-order valence-corrected chi connectivity index (χ3v) is 3.05. The van der Waals surface area contributed by atoms with Crippen molar-refractivity contribution in [3.05, 3.63) is 47.5 Å². The Hall–Kier alpha value is -2.30. The number of benzene rings is 1. The van der Waals surface area contributed by atoms with Crippen molar-refractivity contribution in [3.8, 4) is 0 Å². The molecule has 0 bridgehead atoms. The molecular weight excluding hydrogens is 246 g/mol. The van der Waals surface area contributed by atoms with Crippen molar-refractivity contribution in [2.24, 2.45) is 0 Å². The first-order chi connectivity index (χ1) is 9.11. The van der Waals surface area contributed by atoms with Crippen molar-refractivity contribution in [3.63, 3.8) is 0 Å². The summed E-state index contributed by atoms with van der Waals surface area (Å²) < 4.78 is 4.98. The van der Waals surface area contributed by atoms with Gasteiger partial charge in [0, 0.05) is 13.1 Å². The van der Waals surface area contributed by atoms with Crippen LogP contribution in [-0.2, 0) is 17.7 Å². The Labute approximate surface area is 111 Å². The van der Waals surface area contributed by atoms with Gasteiger partial charge in [-0.05, 0) is 29.7 Å². The molecule has 0 fully saturated rings. The fourth-order valence-electron chi connectivity index (χ4n) is 2.06. The average molecular weight is 261 g/mol. The van der Waals surface area contributed by atoms with Gasteiger partial charge in [0.25, 0.3) is 0 Å². The fraction of sp³-hybridized carbons (Fsp3) is 0.286. The average Bonchev–Trinajstić information content (AvgIpc) is 2.43. The second-order valence-corrected chi connectivity index (χ2v) is 4.33. The third kappa shape index (κ3) is 2.93. The molecular formula is C14H15NO4. The summed E-state index contributed by atoms with van der Waals surface area (Å²) in [5.74, 6) is -0.935. The highest BCUT2D eigenvalue weighted by Gasteiger charge is 2.22. The molecule has 100 valence electrons. The van der Waals surface area contributed by atoms with Gasteiger partial charge in [0.05, 0.1) is 5.56 Å². The van der Waals surface area contributed by atoms with Gasteiger partial charge in [-0.2, -0.15) is 0 Å². The van der Waals surface area contributed by atoms with Gasteiger partial charge < -0.3 is 14.7 Å². The van der Waals surface area contributed by atoms with Crippen LogP contribution in [0.1, 0.15) is 21.5 Å². The van der Waals surface area contributed by atoms with Gasteiger partial charge in [0.15, 0.2) is 0 Å². The summed E-state index contributed by atoms with van der Waals surface area (Å²) in [5.41, 5.74) is 2.22. The van der Waals surface area contributed by atoms with Crippen LogP contribution in [0.2, 0.25) is 0 Å². The Morgan fingerprint density at radius 3 is 2.89 bits per heavy atom. The van der Waals surface area contributed by atoms with Gasteiger partial charge >= 0.3 is 12.1 Å². The highest BCUT2D eigenvalue weighted by Crippen LogP contribution is 2.21. The molecule has 0 aliphatic carbocycles. The molecule has 0 aromatic heterocycles. The predicted molar refractivity (Wildman–Crippen MR) is 69.1 cm³/mol. The third-order valence-electron chi connectivity index (χ3n) is 3.05. The van der Waals surface area contributed by atoms with Crippen LogP contribution in [0.5, 0.6) is 0 Å². The monoisotopic (exact) mass is 261 g/mol. The standard InChI is InChI=1S/C14H15NO4/c1-2-7-19-14(18)15-6-5-10-8-11(13(16)17)3-4-12(10)9-15/h2-4,8H,1,5-7,9H2,(H,16,17). The quantitative estimate of drug-likeness (QED) is 0.846. The zero-order valence-electron chi connectivity index (χ0n) is 10.5. The summed E-state index contributed by atoms with van der Waals surface area (Å²) in [6, 6.07) is 4.98. The van der Waals surface area contributed by atoms with E-state index in [2.05, 4.69) is 6.58 Å². The Balaban J connectivity index is 2.10. The lowest BCUT2D eigenvalue weighted by Gasteiger charge is -2.28. The van der Waals surface area contributed by atoms with Crippen LogP contribution in [0.15, 0.2) is 30.9 Å². The lowest BCUT2D eigenvalue weighted by Crippen LogP contribution is -2.36. The zero-order chi connectivity index (χ0) is 13.8. The number of hydrogen-bond acceptors (Lipinski definition) is 3. The number of carbonyl (C=O) groups is 2. The van der Waals surface area contributed by atoms with Crippen LogP contribution < -0.4 is 0 Å². The van der Waals surface area contributed by atoms with E-state index in [1.807, 2.05) is 0 Å². The van der Waals surface area contributed by atoms with Crippen LogP contribution in [-0.4, -0.2) is 35.2 Å². The topological polar surface area (TPSA) is 66.8 Å². The number of carboxylic acid groups (broad SMARTS) is 1. The molecule has 1 aromatic carbocycles. The largest absolute Gasteiger partial charge is 0.478 e. The number of ether oxygens (including phenoxy) is 1. The molecule has 5 heteroatoms. The summed E-state index contributed by atoms with van der Waals surface area (Å²) in [5, 5.41) is 8.93. The zero-order valence-corrected chi connectivity index (χ0v) is 10.5. The van der Waals surface area contributed by atoms with Crippen molar-refractivity contribution in [2.75, 3.05) is 13.2 Å². The first kappa shape index (κ1) is 13.1. The van der Waals surface area contributed by atoms with Crippen molar-refractivity contribution in [2.45, 2.75) is 13.0 Å². The number of hydrogen-bond donors (Lipinski definition) is 1. The maximum absolute atomic E-state index is 11.7. The Morgan fingerprint density at radius 1 is 1.42 bits per heavy atom. The SMILES string of the molecule is C=CCOC(=O)N1CCc2cc(C(=O)O)ccc2C1. The molecule has 19 heavy (non-hydrogen) atoms. The van der Waals surface area contributed by atoms with E-state index in [0.717, 1.165) is 11.1 Å². The summed E-state index contributed by atoms with van der Waals surface area (Å²) in [6.07, 6.45) is 1.79. The number of aromatic carboxylic acids is 1. The minimum absolute atomic E-state index is 0.195. The fourth-order valence-corrected chi connectivity index (χ4v) is 2.06. The number of nitrogens with zero attached hydrogens (tertiary/aromatic N) is 1. The van der Waals surface area contributed by atoms with Crippen LogP contribution in [0.3, 0.4) is 0 Å². The van der Waals surface area contributed by atoms with Crippen LogP contribution in [0, 0.1) is 0 Å². The van der Waals surface area contributed by atoms with Crippen LogP contribution in [0.25, 0.3) is 0 Å². The minimum atomic E-state index is -0.935. The molecule has 5 nitrogen and oxygen atoms in total. The second-order valence-electron chi connectivity index (χ2n) is 4.33. The highest BCUT2D eigenvalue weighted by molar-refractivity contribution is 5.88. The Morgan fingerprint density at radius 2 is 2.21 bits per heavy atom. The van der Waals surface area contributed by atoms with Gasteiger partial charge in [-0.3, -0.25) is 0 Å². The van der Waals surface area contributed by atoms with E-state index >= 15 is 0 Å². The molecule has 2 rings (SSSR count). The number of carboxylic acids is 1. The second kappa shape index (κ2) is 5.56. The van der Waals surface area contributed by atoms with Crippen LogP contribution >= 0.6 is 0 Å². The molecule has 0 spiro atoms. The van der Waals surface area contributed by atoms with Crippen molar-refractivity contribution in [1.29, 1.82) is 0 Å². The Kier molecular flexibility index (Phi) is 3.85. The molecule has 1 amide bonds. The molecule has 0 radical (unpaired) electrons. The first-order valence-electron chi connectivity index (χ1n) is 5.99. The maximum atomic E-state index is 11.7. The van der Waals surface area contributed by atoms with Gasteiger partial charge in [-0.15, -0.1) is 0 Å². The van der Waals surface area contributed by atoms with Gasteiger partial charge in [0.2, 0.25) is 0 Å². The molecule has 1 aliphatic heterocycles. The summed E-state index contributed by atoms with van der Waals surface area (Å²) in [7, 11) is 0. The van der Waals surface area contributed by atoms with E-state index in [0.29, 0.717) is 19.5 Å². The van der Waals surface area contributed by atoms with Crippen molar-refractivity contribution < 1.29 is 19.4 Å². The molecule has 1 N–H and O–H groups in total. The van der Waals surface area contributed by atoms with Gasteiger partial charge in [-0.1, -0.05) is 18.7 Å². The van der Waals surface area contributed by atoms with E-state index in [-0.39, 0.29) is 18.3 Å². The molecule has 1 aliphatic rings. The van der Waals surface area contributed by atoms with E-state index in [1.165, 1.54) is 6.08 Å². The van der Waals surface area contributed by atoms with Gasteiger partial charge in [-0.25, -0.2) is 9.59 Å². The van der Waals surface area contributed by atoms with Crippen molar-refractivity contribution in [1.82, 2.24) is 4.90 Å². The smallest absolute Gasteiger partial charge is 0.410 e. The number of fused-ring (bicyclic) bond motifs is 1. The molecule has 0 unspecified atom stereocenters. The Bertz CT molecular complexity index is 524. The predicted octanol–water partition coefficient (Wildman–Crippen LogP) is 2.07. The van der Waals surface area contributed by atoms with E-state index < -0.39 is 5.97 Å². The van der Waals surface area contributed by atoms with Crippen LogP contribution in [0.4, 0.5) is 4.79 Å². The van der Waals surface area contributed by atoms with E-state index in [1.54, 1.807) is 23.1 Å². The molecule has 1 heterocycles. The van der Waals surface area contributed by atoms with Crippen molar-refractivity contribution >= 4 is 12.1 Å². The normalized spacial score (nSPS) is 13.6.